The molecule has 16 heteroatoms. The van der Waals surface area contributed by atoms with Crippen LogP contribution in [0.3, 0.4) is 0 Å². The van der Waals surface area contributed by atoms with Crippen LogP contribution in [-0.4, -0.2) is 93.1 Å². The highest BCUT2D eigenvalue weighted by molar-refractivity contribution is 5.73. The van der Waals surface area contributed by atoms with Crippen LogP contribution in [0.4, 0.5) is 32.2 Å². The van der Waals surface area contributed by atoms with Gasteiger partial charge < -0.3 is 19.8 Å². The van der Waals surface area contributed by atoms with Crippen molar-refractivity contribution < 1.29 is 50.9 Å². The fraction of sp³-hybridized carbons (Fsp3) is 0.440. The van der Waals surface area contributed by atoms with Crippen LogP contribution in [-0.2, 0) is 9.59 Å². The summed E-state index contributed by atoms with van der Waals surface area (Å²) in [4.78, 5) is 32.2. The molecule has 1 aromatic carbocycles. The number of piperazine rings is 1. The zero-order chi connectivity index (χ0) is 30.4. The molecule has 3 aromatic rings. The number of ether oxygens (including phenoxy) is 1. The number of rotatable bonds is 4. The van der Waals surface area contributed by atoms with Crippen LogP contribution in [0, 0.1) is 0 Å². The average Bonchev–Trinajstić information content (AvgIpc) is 3.32. The number of aliphatic carboxylic acids is 2. The maximum atomic E-state index is 10.6. The van der Waals surface area contributed by atoms with E-state index in [0.29, 0.717) is 0 Å². The van der Waals surface area contributed by atoms with Gasteiger partial charge in [-0.1, -0.05) is 18.6 Å². The maximum Gasteiger partial charge on any atom is 0.490 e. The summed E-state index contributed by atoms with van der Waals surface area (Å²) < 4.78 is 71.0. The molecule has 224 valence electrons. The number of hydrogen-bond acceptors (Lipinski definition) is 7. The summed E-state index contributed by atoms with van der Waals surface area (Å²) in [7, 11) is 1.69. The number of nitrogens with zero attached hydrogens (tertiary/aromatic N) is 5. The summed E-state index contributed by atoms with van der Waals surface area (Å²) in [5.41, 5.74) is 3.07. The number of hydrogen-bond donors (Lipinski definition) is 2. The van der Waals surface area contributed by atoms with E-state index < -0.39 is 24.3 Å². The van der Waals surface area contributed by atoms with Crippen molar-refractivity contribution in [1.29, 1.82) is 0 Å². The molecular weight excluding hydrogens is 564 g/mol. The van der Waals surface area contributed by atoms with Crippen LogP contribution in [0.5, 0.6) is 5.75 Å². The van der Waals surface area contributed by atoms with E-state index >= 15 is 0 Å². The molecule has 3 heterocycles. The molecule has 10 nitrogen and oxygen atoms in total. The molecule has 2 aliphatic rings. The lowest BCUT2D eigenvalue weighted by Crippen LogP contribution is -2.52. The first-order valence-corrected chi connectivity index (χ1v) is 12.3. The molecular formula is C25H27F6N5O5. The van der Waals surface area contributed by atoms with Crippen molar-refractivity contribution in [3.05, 3.63) is 42.9 Å². The first kappa shape index (κ1) is 31.4. The van der Waals surface area contributed by atoms with Gasteiger partial charge in [0.1, 0.15) is 5.75 Å². The molecule has 2 aromatic heterocycles. The Balaban J connectivity index is 0.000000276. The van der Waals surface area contributed by atoms with Crippen LogP contribution in [0.15, 0.2) is 42.9 Å². The number of carbonyl (C=O) groups is 2. The lowest BCUT2D eigenvalue weighted by molar-refractivity contribution is -0.193. The number of imidazole rings is 1. The van der Waals surface area contributed by atoms with Crippen LogP contribution in [0.1, 0.15) is 19.3 Å². The smallest absolute Gasteiger partial charge is 0.490 e. The Kier molecular flexibility index (Phi) is 10.0. The fourth-order valence-corrected chi connectivity index (χ4v) is 4.18. The van der Waals surface area contributed by atoms with E-state index in [1.165, 1.54) is 19.3 Å². The third-order valence-corrected chi connectivity index (χ3v) is 6.46. The minimum atomic E-state index is -5.08. The van der Waals surface area contributed by atoms with Gasteiger partial charge in [-0.2, -0.15) is 26.3 Å². The number of aromatic nitrogens is 3. The highest BCUT2D eigenvalue weighted by Crippen LogP contribution is 2.29. The summed E-state index contributed by atoms with van der Waals surface area (Å²) in [6, 6.07) is 8.92. The number of carboxylic acids is 2. The number of methoxy groups -OCH3 is 1. The van der Waals surface area contributed by atoms with E-state index in [1.807, 2.05) is 36.8 Å². The van der Waals surface area contributed by atoms with E-state index in [2.05, 4.69) is 25.3 Å². The number of carboxylic acid groups (broad SMARTS) is 2. The van der Waals surface area contributed by atoms with Gasteiger partial charge in [0.2, 0.25) is 0 Å². The van der Waals surface area contributed by atoms with E-state index in [1.54, 1.807) is 7.11 Å². The quantitative estimate of drug-likeness (QED) is 0.427. The second-order valence-electron chi connectivity index (χ2n) is 9.03. The Labute approximate surface area is 229 Å². The lowest BCUT2D eigenvalue weighted by Gasteiger charge is -2.43. The second kappa shape index (κ2) is 13.1. The Bertz CT molecular complexity index is 1310. The fourth-order valence-electron chi connectivity index (χ4n) is 4.18. The topological polar surface area (TPSA) is 121 Å². The summed E-state index contributed by atoms with van der Waals surface area (Å²) in [6.07, 6.45) is -0.222. The number of alkyl halides is 6. The summed E-state index contributed by atoms with van der Waals surface area (Å²) in [6.45, 7) is 4.28. The summed E-state index contributed by atoms with van der Waals surface area (Å²) >= 11 is 0. The second-order valence-corrected chi connectivity index (χ2v) is 9.03. The van der Waals surface area contributed by atoms with Crippen molar-refractivity contribution in [2.45, 2.75) is 37.7 Å². The summed E-state index contributed by atoms with van der Waals surface area (Å²) in [5.74, 6) is -3.68. The van der Waals surface area contributed by atoms with Gasteiger partial charge in [-0.25, -0.2) is 19.6 Å². The van der Waals surface area contributed by atoms with Gasteiger partial charge in [-0.3, -0.25) is 9.30 Å². The predicted octanol–water partition coefficient (Wildman–Crippen LogP) is 4.35. The number of halogens is 6. The van der Waals surface area contributed by atoms with E-state index in [0.717, 1.165) is 60.7 Å². The van der Waals surface area contributed by atoms with Crippen LogP contribution < -0.4 is 9.64 Å². The molecule has 0 unspecified atom stereocenters. The Morgan fingerprint density at radius 2 is 1.54 bits per heavy atom. The third kappa shape index (κ3) is 8.22. The van der Waals surface area contributed by atoms with Crippen molar-refractivity contribution in [3.63, 3.8) is 0 Å². The molecule has 0 amide bonds. The van der Waals surface area contributed by atoms with Gasteiger partial charge in [0.05, 0.1) is 19.0 Å². The minimum Gasteiger partial charge on any atom is -0.497 e. The zero-order valence-corrected chi connectivity index (χ0v) is 21.7. The van der Waals surface area contributed by atoms with E-state index in [9.17, 15) is 26.3 Å². The van der Waals surface area contributed by atoms with Crippen LogP contribution >= 0.6 is 0 Å². The zero-order valence-electron chi connectivity index (χ0n) is 21.7. The SMILES string of the molecule is COc1cccc(-c2cnc3c(N4CCN(C5CCC5)CC4)nccn23)c1.O=C(O)C(F)(F)F.O=C(O)C(F)(F)F. The normalized spacial score (nSPS) is 16.1. The van der Waals surface area contributed by atoms with Crippen molar-refractivity contribution in [3.8, 4) is 17.0 Å². The standard InChI is InChI=1S/C21H25N5O.2C2HF3O2/c1-27-18-7-2-4-16(14-18)19-15-23-21-20(22-8-9-26(19)21)25-12-10-24(11-13-25)17-5-3-6-17;2*3-2(4,5)1(6)7/h2,4,7-9,14-15,17H,3,5-6,10-13H2,1H3;2*(H,6,7). The van der Waals surface area contributed by atoms with Gasteiger partial charge >= 0.3 is 24.3 Å². The van der Waals surface area contributed by atoms with E-state index in [4.69, 9.17) is 29.5 Å². The van der Waals surface area contributed by atoms with Crippen LogP contribution in [0.2, 0.25) is 0 Å². The highest BCUT2D eigenvalue weighted by Gasteiger charge is 2.39. The number of fused-ring (bicyclic) bond motifs is 1. The lowest BCUT2D eigenvalue weighted by atomic mass is 9.91. The molecule has 2 fully saturated rings. The van der Waals surface area contributed by atoms with Gasteiger partial charge in [0.15, 0.2) is 11.5 Å². The number of anilines is 1. The Hall–Kier alpha value is -4.08. The monoisotopic (exact) mass is 591 g/mol. The molecule has 0 bridgehead atoms. The molecule has 1 saturated heterocycles. The molecule has 2 N–H and O–H groups in total. The van der Waals surface area contributed by atoms with Crippen LogP contribution in [0.25, 0.3) is 16.9 Å². The first-order valence-electron chi connectivity index (χ1n) is 12.3. The van der Waals surface area contributed by atoms with Crippen molar-refractivity contribution >= 4 is 23.4 Å². The summed E-state index contributed by atoms with van der Waals surface area (Å²) in [5, 5.41) is 14.2. The molecule has 1 saturated carbocycles. The molecule has 41 heavy (non-hydrogen) atoms. The molecule has 1 aliphatic heterocycles. The van der Waals surface area contributed by atoms with Crippen molar-refractivity contribution in [2.75, 3.05) is 38.2 Å². The molecule has 1 aliphatic carbocycles. The minimum absolute atomic E-state index is 0.821. The van der Waals surface area contributed by atoms with Gasteiger partial charge in [0, 0.05) is 50.2 Å². The van der Waals surface area contributed by atoms with E-state index in [-0.39, 0.29) is 0 Å². The molecule has 0 atom stereocenters. The van der Waals surface area contributed by atoms with Gasteiger partial charge in [0.25, 0.3) is 0 Å². The molecule has 5 rings (SSSR count). The van der Waals surface area contributed by atoms with Gasteiger partial charge in [-0.05, 0) is 25.0 Å². The third-order valence-electron chi connectivity index (χ3n) is 6.46. The first-order chi connectivity index (χ1) is 19.2. The highest BCUT2D eigenvalue weighted by atomic mass is 19.4. The largest absolute Gasteiger partial charge is 0.497 e. The maximum absolute atomic E-state index is 10.6. The Morgan fingerprint density at radius 3 is 2.02 bits per heavy atom. The molecule has 0 spiro atoms. The Morgan fingerprint density at radius 1 is 0.951 bits per heavy atom. The van der Waals surface area contributed by atoms with Gasteiger partial charge in [-0.15, -0.1) is 0 Å². The number of benzene rings is 1. The predicted molar refractivity (Wildman–Crippen MR) is 134 cm³/mol. The molecule has 0 radical (unpaired) electrons. The van der Waals surface area contributed by atoms with Crippen molar-refractivity contribution in [1.82, 2.24) is 19.3 Å². The average molecular weight is 592 g/mol. The van der Waals surface area contributed by atoms with Crippen molar-refractivity contribution in [2.24, 2.45) is 0 Å².